The molecular formula is C22H31N3O2. The van der Waals surface area contributed by atoms with Crippen molar-refractivity contribution in [1.82, 2.24) is 10.2 Å². The predicted octanol–water partition coefficient (Wildman–Crippen LogP) is 3.66. The first-order chi connectivity index (χ1) is 13.3. The van der Waals surface area contributed by atoms with Crippen molar-refractivity contribution in [2.24, 2.45) is 5.92 Å². The number of amides is 1. The first-order valence-electron chi connectivity index (χ1n) is 10.8. The van der Waals surface area contributed by atoms with Crippen LogP contribution in [0.25, 0.3) is 0 Å². The summed E-state index contributed by atoms with van der Waals surface area (Å²) in [6, 6.07) is 7.17. The van der Waals surface area contributed by atoms with Crippen LogP contribution in [0.3, 0.4) is 0 Å². The second-order valence-electron chi connectivity index (χ2n) is 8.71. The first kappa shape index (κ1) is 17.4. The van der Waals surface area contributed by atoms with E-state index >= 15 is 0 Å². The standard InChI is InChI=1S/C22H31N3O2/c26-22(27-15-16-3-1-2-4-16)25-10-7-17-13-21(25)20-14-18(5-6-19(17)20)24-11-8-23-9-12-24/h5-6,14,16-17,21,23H,1-4,7-13,15H2/t17-,21+/m1/s1. The van der Waals surface area contributed by atoms with Crippen molar-refractivity contribution in [2.75, 3.05) is 44.2 Å². The van der Waals surface area contributed by atoms with Gasteiger partial charge in [0.25, 0.3) is 0 Å². The highest BCUT2D eigenvalue weighted by molar-refractivity contribution is 5.70. The number of carbonyl (C=O) groups excluding carboxylic acids is 1. The van der Waals surface area contributed by atoms with Crippen LogP contribution in [-0.4, -0.2) is 50.3 Å². The van der Waals surface area contributed by atoms with Crippen molar-refractivity contribution < 1.29 is 9.53 Å². The number of hydrogen-bond acceptors (Lipinski definition) is 4. The Morgan fingerprint density at radius 1 is 1.07 bits per heavy atom. The van der Waals surface area contributed by atoms with E-state index in [4.69, 9.17) is 4.74 Å². The Morgan fingerprint density at radius 2 is 1.89 bits per heavy atom. The lowest BCUT2D eigenvalue weighted by Crippen LogP contribution is -2.43. The number of ether oxygens (including phenoxy) is 1. The second-order valence-corrected chi connectivity index (χ2v) is 8.71. The summed E-state index contributed by atoms with van der Waals surface area (Å²) in [6.07, 6.45) is 7.06. The summed E-state index contributed by atoms with van der Waals surface area (Å²) in [5, 5.41) is 3.42. The van der Waals surface area contributed by atoms with Crippen LogP contribution in [0.1, 0.15) is 61.6 Å². The quantitative estimate of drug-likeness (QED) is 0.883. The zero-order valence-corrected chi connectivity index (χ0v) is 16.2. The second kappa shape index (κ2) is 7.34. The Kier molecular flexibility index (Phi) is 4.72. The van der Waals surface area contributed by atoms with Gasteiger partial charge in [0.2, 0.25) is 0 Å². The fraction of sp³-hybridized carbons (Fsp3) is 0.682. The third kappa shape index (κ3) is 3.31. The molecule has 2 aliphatic heterocycles. The molecule has 1 amide bonds. The van der Waals surface area contributed by atoms with E-state index in [9.17, 15) is 4.79 Å². The predicted molar refractivity (Wildman–Crippen MR) is 106 cm³/mol. The van der Waals surface area contributed by atoms with E-state index in [1.807, 2.05) is 4.90 Å². The molecule has 0 unspecified atom stereocenters. The van der Waals surface area contributed by atoms with E-state index in [1.54, 1.807) is 0 Å². The Hall–Kier alpha value is -1.75. The first-order valence-corrected chi connectivity index (χ1v) is 10.8. The van der Waals surface area contributed by atoms with Crippen LogP contribution in [0.4, 0.5) is 10.5 Å². The molecule has 1 aromatic carbocycles. The number of anilines is 1. The van der Waals surface area contributed by atoms with E-state index in [2.05, 4.69) is 28.4 Å². The van der Waals surface area contributed by atoms with Crippen molar-refractivity contribution in [1.29, 1.82) is 0 Å². The lowest BCUT2D eigenvalue weighted by Gasteiger charge is -2.33. The molecule has 2 heterocycles. The molecule has 1 N–H and O–H groups in total. The minimum absolute atomic E-state index is 0.0919. The van der Waals surface area contributed by atoms with Gasteiger partial charge in [-0.2, -0.15) is 0 Å². The fourth-order valence-electron chi connectivity index (χ4n) is 5.55. The van der Waals surface area contributed by atoms with Crippen LogP contribution in [-0.2, 0) is 4.74 Å². The number of nitrogens with zero attached hydrogens (tertiary/aromatic N) is 2. The molecule has 1 saturated carbocycles. The summed E-state index contributed by atoms with van der Waals surface area (Å²) in [4.78, 5) is 17.3. The Labute approximate surface area is 162 Å². The molecule has 0 radical (unpaired) electrons. The van der Waals surface area contributed by atoms with E-state index in [1.165, 1.54) is 42.5 Å². The summed E-state index contributed by atoms with van der Waals surface area (Å²) in [7, 11) is 0. The summed E-state index contributed by atoms with van der Waals surface area (Å²) >= 11 is 0. The van der Waals surface area contributed by atoms with Crippen molar-refractivity contribution in [2.45, 2.75) is 50.5 Å². The van der Waals surface area contributed by atoms with Crippen LogP contribution in [0.15, 0.2) is 18.2 Å². The van der Waals surface area contributed by atoms with Gasteiger partial charge < -0.3 is 19.9 Å². The maximum absolute atomic E-state index is 12.8. The number of rotatable bonds is 3. The third-order valence-corrected chi connectivity index (χ3v) is 7.11. The molecule has 5 heteroatoms. The van der Waals surface area contributed by atoms with Crippen LogP contribution >= 0.6 is 0 Å². The molecule has 2 saturated heterocycles. The number of nitrogens with one attached hydrogen (secondary N) is 1. The van der Waals surface area contributed by atoms with Crippen LogP contribution < -0.4 is 10.2 Å². The van der Waals surface area contributed by atoms with Crippen molar-refractivity contribution in [3.05, 3.63) is 29.3 Å². The summed E-state index contributed by atoms with van der Waals surface area (Å²) in [6.45, 7) is 5.64. The van der Waals surface area contributed by atoms with Crippen molar-refractivity contribution in [3.8, 4) is 0 Å². The molecule has 2 atom stereocenters. The molecule has 3 fully saturated rings. The number of piperazine rings is 1. The molecule has 146 valence electrons. The largest absolute Gasteiger partial charge is 0.449 e. The Bertz CT molecular complexity index is 695. The van der Waals surface area contributed by atoms with Gasteiger partial charge in [0, 0.05) is 38.4 Å². The lowest BCUT2D eigenvalue weighted by atomic mass is 9.96. The molecular weight excluding hydrogens is 338 g/mol. The third-order valence-electron chi connectivity index (χ3n) is 7.11. The highest BCUT2D eigenvalue weighted by atomic mass is 16.6. The highest BCUT2D eigenvalue weighted by Crippen LogP contribution is 2.50. The van der Waals surface area contributed by atoms with Gasteiger partial charge in [-0.15, -0.1) is 0 Å². The van der Waals surface area contributed by atoms with Crippen molar-refractivity contribution in [3.63, 3.8) is 0 Å². The molecule has 5 rings (SSSR count). The number of carbonyl (C=O) groups is 1. The summed E-state index contributed by atoms with van der Waals surface area (Å²) in [5.41, 5.74) is 4.14. The fourth-order valence-corrected chi connectivity index (χ4v) is 5.55. The zero-order chi connectivity index (χ0) is 18.2. The van der Waals surface area contributed by atoms with Gasteiger partial charge >= 0.3 is 6.09 Å². The maximum Gasteiger partial charge on any atom is 0.410 e. The molecule has 0 aromatic heterocycles. The van der Waals surface area contributed by atoms with Gasteiger partial charge in [-0.25, -0.2) is 4.79 Å². The van der Waals surface area contributed by atoms with Crippen molar-refractivity contribution >= 4 is 11.8 Å². The van der Waals surface area contributed by atoms with E-state index < -0.39 is 0 Å². The van der Waals surface area contributed by atoms with E-state index in [-0.39, 0.29) is 12.1 Å². The minimum Gasteiger partial charge on any atom is -0.449 e. The van der Waals surface area contributed by atoms with Gasteiger partial charge in [0.05, 0.1) is 12.6 Å². The molecule has 27 heavy (non-hydrogen) atoms. The zero-order valence-electron chi connectivity index (χ0n) is 16.2. The molecule has 2 bridgehead atoms. The van der Waals surface area contributed by atoms with Crippen LogP contribution in [0, 0.1) is 5.92 Å². The molecule has 0 spiro atoms. The normalized spacial score (nSPS) is 27.7. The lowest BCUT2D eigenvalue weighted by molar-refractivity contribution is 0.0639. The number of piperidine rings is 1. The number of hydrogen-bond donors (Lipinski definition) is 1. The minimum atomic E-state index is -0.0919. The number of benzene rings is 1. The molecule has 2 aliphatic carbocycles. The number of likely N-dealkylation sites (tertiary alicyclic amines) is 1. The Morgan fingerprint density at radius 3 is 2.70 bits per heavy atom. The smallest absolute Gasteiger partial charge is 0.410 e. The maximum atomic E-state index is 12.8. The molecule has 1 aromatic rings. The average molecular weight is 370 g/mol. The van der Waals surface area contributed by atoms with Gasteiger partial charge in [-0.1, -0.05) is 18.9 Å². The molecule has 5 nitrogen and oxygen atoms in total. The van der Waals surface area contributed by atoms with Gasteiger partial charge in [0.1, 0.15) is 0 Å². The summed E-state index contributed by atoms with van der Waals surface area (Å²) < 4.78 is 5.75. The topological polar surface area (TPSA) is 44.8 Å². The Balaban J connectivity index is 1.32. The van der Waals surface area contributed by atoms with Crippen LogP contribution in [0.5, 0.6) is 0 Å². The van der Waals surface area contributed by atoms with Gasteiger partial charge in [0.15, 0.2) is 0 Å². The molecule has 4 aliphatic rings. The monoisotopic (exact) mass is 369 g/mol. The summed E-state index contributed by atoms with van der Waals surface area (Å²) in [5.74, 6) is 1.20. The van der Waals surface area contributed by atoms with Gasteiger partial charge in [-0.05, 0) is 60.8 Å². The SMILES string of the molecule is O=C(OCC1CCCC1)N1CC[C@@H]2C[C@H]1c1cc(N3CCNCC3)ccc12. The van der Waals surface area contributed by atoms with E-state index in [0.29, 0.717) is 18.4 Å². The average Bonchev–Trinajstić information content (AvgIpc) is 3.34. The van der Waals surface area contributed by atoms with Gasteiger partial charge in [-0.3, -0.25) is 0 Å². The van der Waals surface area contributed by atoms with Crippen LogP contribution in [0.2, 0.25) is 0 Å². The van der Waals surface area contributed by atoms with E-state index in [0.717, 1.165) is 45.6 Å². The highest BCUT2D eigenvalue weighted by Gasteiger charge is 2.41. The number of fused-ring (bicyclic) bond motifs is 5.